The Bertz CT molecular complexity index is 796. The van der Waals surface area contributed by atoms with Crippen molar-refractivity contribution in [3.05, 3.63) is 52.8 Å². The van der Waals surface area contributed by atoms with Gasteiger partial charge in [-0.1, -0.05) is 30.3 Å². The molecule has 1 atom stereocenters. The highest BCUT2D eigenvalue weighted by atomic mass is 127. The summed E-state index contributed by atoms with van der Waals surface area (Å²) in [7, 11) is 2.01. The molecular weight excluding hydrogens is 487 g/mol. The van der Waals surface area contributed by atoms with Gasteiger partial charge in [0, 0.05) is 25.8 Å². The first-order chi connectivity index (χ1) is 14.1. The van der Waals surface area contributed by atoms with Crippen LogP contribution in [0.15, 0.2) is 35.3 Å². The smallest absolute Gasteiger partial charge is 0.191 e. The van der Waals surface area contributed by atoms with Crippen molar-refractivity contribution in [1.29, 1.82) is 0 Å². The number of likely N-dealkylation sites (tertiary alicyclic amines) is 1. The number of nitrogens with zero attached hydrogens (tertiary/aromatic N) is 4. The van der Waals surface area contributed by atoms with Gasteiger partial charge in [0.25, 0.3) is 0 Å². The number of aromatic nitrogens is 2. The van der Waals surface area contributed by atoms with E-state index < -0.39 is 0 Å². The molecule has 1 aliphatic heterocycles. The van der Waals surface area contributed by atoms with Gasteiger partial charge in [0.1, 0.15) is 0 Å². The molecule has 166 valence electrons. The number of rotatable bonds is 8. The number of aliphatic imine (C=N–C) groups is 1. The van der Waals surface area contributed by atoms with E-state index in [1.54, 1.807) is 0 Å². The summed E-state index contributed by atoms with van der Waals surface area (Å²) >= 11 is 0. The highest BCUT2D eigenvalue weighted by Crippen LogP contribution is 2.25. The van der Waals surface area contributed by atoms with E-state index >= 15 is 0 Å². The Morgan fingerprint density at radius 3 is 2.43 bits per heavy atom. The summed E-state index contributed by atoms with van der Waals surface area (Å²) in [6.07, 6.45) is 3.52. The van der Waals surface area contributed by atoms with Crippen LogP contribution in [0.4, 0.5) is 0 Å². The number of nitrogens with one attached hydrogen (secondary N) is 2. The largest absolute Gasteiger partial charge is 0.357 e. The lowest BCUT2D eigenvalue weighted by Gasteiger charge is -2.27. The number of guanidine groups is 1. The molecule has 6 nitrogen and oxygen atoms in total. The van der Waals surface area contributed by atoms with Crippen LogP contribution in [0, 0.1) is 13.8 Å². The Labute approximate surface area is 198 Å². The van der Waals surface area contributed by atoms with Crippen LogP contribution in [0.1, 0.15) is 48.3 Å². The standard InChI is InChI=1S/C23H36N6.HI/c1-5-24-23(25-14-13-21-18(2)27-28(4)19(21)3)26-17-22(29-15-9-10-16-29)20-11-7-6-8-12-20;/h6-8,11-12,22H,5,9-10,13-17H2,1-4H3,(H2,24,25,26);1H. The molecule has 2 heterocycles. The lowest BCUT2D eigenvalue weighted by atomic mass is 10.1. The third-order valence-electron chi connectivity index (χ3n) is 5.86. The Kier molecular flexibility index (Phi) is 10.1. The van der Waals surface area contributed by atoms with Crippen LogP contribution < -0.4 is 10.6 Å². The van der Waals surface area contributed by atoms with Crippen LogP contribution in [-0.2, 0) is 13.5 Å². The van der Waals surface area contributed by atoms with Crippen LogP contribution in [0.2, 0.25) is 0 Å². The normalized spacial score (nSPS) is 15.7. The van der Waals surface area contributed by atoms with E-state index in [1.165, 1.54) is 42.8 Å². The number of halogens is 1. The molecular formula is C23H37IN6. The average molecular weight is 524 g/mol. The van der Waals surface area contributed by atoms with Gasteiger partial charge in [-0.25, -0.2) is 0 Å². The topological polar surface area (TPSA) is 57.5 Å². The maximum Gasteiger partial charge on any atom is 0.191 e. The zero-order chi connectivity index (χ0) is 20.6. The fourth-order valence-corrected chi connectivity index (χ4v) is 4.16. The molecule has 7 heteroatoms. The third kappa shape index (κ3) is 6.44. The SMILES string of the molecule is CCNC(=NCC(c1ccccc1)N1CCCC1)NCCc1c(C)nn(C)c1C.I. The first-order valence-electron chi connectivity index (χ1n) is 10.9. The van der Waals surface area contributed by atoms with Crippen LogP contribution in [-0.4, -0.2) is 53.4 Å². The summed E-state index contributed by atoms with van der Waals surface area (Å²) in [4.78, 5) is 7.52. The van der Waals surface area contributed by atoms with Gasteiger partial charge in [0.15, 0.2) is 5.96 Å². The zero-order valence-electron chi connectivity index (χ0n) is 18.8. The summed E-state index contributed by atoms with van der Waals surface area (Å²) in [6, 6.07) is 11.1. The van der Waals surface area contributed by atoms with Crippen LogP contribution in [0.5, 0.6) is 0 Å². The second-order valence-corrected chi connectivity index (χ2v) is 7.84. The molecule has 1 saturated heterocycles. The van der Waals surface area contributed by atoms with E-state index in [-0.39, 0.29) is 24.0 Å². The minimum atomic E-state index is 0. The minimum absolute atomic E-state index is 0. The van der Waals surface area contributed by atoms with Crippen molar-refractivity contribution in [2.24, 2.45) is 12.0 Å². The summed E-state index contributed by atoms with van der Waals surface area (Å²) in [5, 5.41) is 11.4. The molecule has 0 radical (unpaired) electrons. The number of hydrogen-bond acceptors (Lipinski definition) is 3. The van der Waals surface area contributed by atoms with Gasteiger partial charge in [-0.3, -0.25) is 14.6 Å². The lowest BCUT2D eigenvalue weighted by Crippen LogP contribution is -2.39. The van der Waals surface area contributed by atoms with Crippen molar-refractivity contribution in [2.75, 3.05) is 32.7 Å². The summed E-state index contributed by atoms with van der Waals surface area (Å²) in [5.41, 5.74) is 5.04. The van der Waals surface area contributed by atoms with Gasteiger partial charge in [0.05, 0.1) is 18.3 Å². The predicted molar refractivity (Wildman–Crippen MR) is 136 cm³/mol. The van der Waals surface area contributed by atoms with E-state index in [0.29, 0.717) is 6.04 Å². The maximum atomic E-state index is 4.95. The predicted octanol–water partition coefficient (Wildman–Crippen LogP) is 3.59. The average Bonchev–Trinajstić information content (AvgIpc) is 3.33. The lowest BCUT2D eigenvalue weighted by molar-refractivity contribution is 0.251. The molecule has 1 aliphatic rings. The minimum Gasteiger partial charge on any atom is -0.357 e. The summed E-state index contributed by atoms with van der Waals surface area (Å²) in [5.74, 6) is 0.895. The first kappa shape index (κ1) is 24.7. The second kappa shape index (κ2) is 12.3. The van der Waals surface area contributed by atoms with Crippen LogP contribution in [0.25, 0.3) is 0 Å². The fraction of sp³-hybridized carbons (Fsp3) is 0.565. The van der Waals surface area contributed by atoms with E-state index in [9.17, 15) is 0 Å². The molecule has 0 aliphatic carbocycles. The van der Waals surface area contributed by atoms with Gasteiger partial charge < -0.3 is 10.6 Å². The molecule has 0 amide bonds. The molecule has 0 bridgehead atoms. The molecule has 1 fully saturated rings. The molecule has 3 rings (SSSR count). The Balaban J connectivity index is 0.00000320. The van der Waals surface area contributed by atoms with Crippen LogP contribution in [0.3, 0.4) is 0 Å². The Morgan fingerprint density at radius 2 is 1.83 bits per heavy atom. The van der Waals surface area contributed by atoms with Crippen molar-refractivity contribution >= 4 is 29.9 Å². The van der Waals surface area contributed by atoms with Gasteiger partial charge in [0.2, 0.25) is 0 Å². The van der Waals surface area contributed by atoms with Gasteiger partial charge in [-0.2, -0.15) is 5.10 Å². The highest BCUT2D eigenvalue weighted by molar-refractivity contribution is 14.0. The number of benzene rings is 1. The zero-order valence-corrected chi connectivity index (χ0v) is 21.1. The summed E-state index contributed by atoms with van der Waals surface area (Å²) < 4.78 is 1.96. The number of hydrogen-bond donors (Lipinski definition) is 2. The molecule has 30 heavy (non-hydrogen) atoms. The van der Waals surface area contributed by atoms with Gasteiger partial charge in [-0.05, 0) is 64.3 Å². The van der Waals surface area contributed by atoms with E-state index in [4.69, 9.17) is 4.99 Å². The molecule has 1 aromatic heterocycles. The van der Waals surface area contributed by atoms with Crippen molar-refractivity contribution in [3.8, 4) is 0 Å². The highest BCUT2D eigenvalue weighted by Gasteiger charge is 2.23. The van der Waals surface area contributed by atoms with Crippen molar-refractivity contribution in [1.82, 2.24) is 25.3 Å². The molecule has 2 N–H and O–H groups in total. The fourth-order valence-electron chi connectivity index (χ4n) is 4.16. The van der Waals surface area contributed by atoms with Crippen molar-refractivity contribution in [2.45, 2.75) is 46.1 Å². The molecule has 0 saturated carbocycles. The Hall–Kier alpha value is -1.61. The number of aryl methyl sites for hydroxylation is 2. The van der Waals surface area contributed by atoms with Crippen molar-refractivity contribution in [3.63, 3.8) is 0 Å². The van der Waals surface area contributed by atoms with Gasteiger partial charge >= 0.3 is 0 Å². The molecule has 0 spiro atoms. The van der Waals surface area contributed by atoms with Crippen molar-refractivity contribution < 1.29 is 0 Å². The van der Waals surface area contributed by atoms with E-state index in [2.05, 4.69) is 71.7 Å². The monoisotopic (exact) mass is 524 g/mol. The maximum absolute atomic E-state index is 4.95. The molecule has 2 aromatic rings. The first-order valence-corrected chi connectivity index (χ1v) is 10.9. The van der Waals surface area contributed by atoms with Crippen LogP contribution >= 0.6 is 24.0 Å². The second-order valence-electron chi connectivity index (χ2n) is 7.84. The third-order valence-corrected chi connectivity index (χ3v) is 5.86. The van der Waals surface area contributed by atoms with E-state index in [1.807, 2.05) is 11.7 Å². The van der Waals surface area contributed by atoms with E-state index in [0.717, 1.165) is 37.7 Å². The Morgan fingerprint density at radius 1 is 1.13 bits per heavy atom. The molecule has 1 aromatic carbocycles. The van der Waals surface area contributed by atoms with Gasteiger partial charge in [-0.15, -0.1) is 24.0 Å². The molecule has 1 unspecified atom stereocenters. The summed E-state index contributed by atoms with van der Waals surface area (Å²) in [6.45, 7) is 11.1. The quantitative estimate of drug-likeness (QED) is 0.315.